The van der Waals surface area contributed by atoms with Gasteiger partial charge in [-0.3, -0.25) is 0 Å². The van der Waals surface area contributed by atoms with Crippen LogP contribution in [0.4, 0.5) is 13.2 Å². The number of aromatic nitrogens is 4. The Bertz CT molecular complexity index is 980. The van der Waals surface area contributed by atoms with Crippen molar-refractivity contribution in [2.75, 3.05) is 6.61 Å². The first kappa shape index (κ1) is 19.3. The van der Waals surface area contributed by atoms with E-state index in [0.717, 1.165) is 16.9 Å². The van der Waals surface area contributed by atoms with Gasteiger partial charge in [-0.2, -0.15) is 23.2 Å². The normalized spacial score (nSPS) is 12.4. The molecule has 28 heavy (non-hydrogen) atoms. The largest absolute Gasteiger partial charge is 0.491 e. The Morgan fingerprint density at radius 3 is 2.61 bits per heavy atom. The van der Waals surface area contributed by atoms with Gasteiger partial charge >= 0.3 is 6.18 Å². The summed E-state index contributed by atoms with van der Waals surface area (Å²) in [6.07, 6.45) is -5.44. The Hall–Kier alpha value is -3.45. The van der Waals surface area contributed by atoms with Crippen molar-refractivity contribution < 1.29 is 23.0 Å². The molecule has 7 nitrogen and oxygen atoms in total. The summed E-state index contributed by atoms with van der Waals surface area (Å²) in [5, 5.41) is 30.3. The molecular formula is C18H14F3N5O2. The second-order valence-corrected chi connectivity index (χ2v) is 5.85. The number of alkyl halides is 3. The van der Waals surface area contributed by atoms with Crippen LogP contribution in [0.2, 0.25) is 0 Å². The van der Waals surface area contributed by atoms with Crippen LogP contribution in [0.3, 0.4) is 0 Å². The van der Waals surface area contributed by atoms with E-state index >= 15 is 0 Å². The van der Waals surface area contributed by atoms with Gasteiger partial charge in [0.05, 0.1) is 23.7 Å². The molecule has 0 spiro atoms. The van der Waals surface area contributed by atoms with Gasteiger partial charge in [-0.15, -0.1) is 10.2 Å². The number of hydrogen-bond donors (Lipinski definition) is 1. The van der Waals surface area contributed by atoms with Crippen LogP contribution in [0.1, 0.15) is 11.1 Å². The molecule has 3 aromatic rings. The zero-order chi connectivity index (χ0) is 20.1. The molecule has 3 rings (SSSR count). The van der Waals surface area contributed by atoms with E-state index in [1.807, 2.05) is 6.07 Å². The lowest BCUT2D eigenvalue weighted by molar-refractivity contribution is -0.137. The predicted molar refractivity (Wildman–Crippen MR) is 90.9 cm³/mol. The smallest absolute Gasteiger partial charge is 0.416 e. The number of ether oxygens (including phenoxy) is 1. The highest BCUT2D eigenvalue weighted by molar-refractivity contribution is 5.55. The molecule has 144 valence electrons. The van der Waals surface area contributed by atoms with Crippen LogP contribution in [-0.2, 0) is 12.7 Å². The third kappa shape index (κ3) is 4.83. The molecule has 2 aromatic carbocycles. The fraction of sp³-hybridized carbons (Fsp3) is 0.222. The topological polar surface area (TPSA) is 96.8 Å². The standard InChI is InChI=1S/C18H14F3N5O2/c19-18(20,21)14-3-1-2-13(8-14)17-23-25-26(24-17)10-15(27)11-28-16-6-4-12(9-22)5-7-16/h1-8,15,27H,10-11H2/t15-/m0/s1. The van der Waals surface area contributed by atoms with Crippen molar-refractivity contribution in [2.24, 2.45) is 0 Å². The summed E-state index contributed by atoms with van der Waals surface area (Å²) in [6.45, 7) is -0.116. The van der Waals surface area contributed by atoms with Gasteiger partial charge in [0.15, 0.2) is 0 Å². The monoisotopic (exact) mass is 389 g/mol. The van der Waals surface area contributed by atoms with Crippen molar-refractivity contribution in [3.05, 3.63) is 59.7 Å². The van der Waals surface area contributed by atoms with Gasteiger partial charge in [0, 0.05) is 5.56 Å². The summed E-state index contributed by atoms with van der Waals surface area (Å²) in [5.74, 6) is 0.501. The predicted octanol–water partition coefficient (Wildman–Crippen LogP) is 2.67. The van der Waals surface area contributed by atoms with Gasteiger partial charge in [0.1, 0.15) is 18.5 Å². The van der Waals surface area contributed by atoms with E-state index in [9.17, 15) is 18.3 Å². The van der Waals surface area contributed by atoms with Crippen LogP contribution in [0.15, 0.2) is 48.5 Å². The van der Waals surface area contributed by atoms with E-state index in [1.165, 1.54) is 12.1 Å². The summed E-state index contributed by atoms with van der Waals surface area (Å²) in [5.41, 5.74) is -0.150. The van der Waals surface area contributed by atoms with Crippen LogP contribution >= 0.6 is 0 Å². The highest BCUT2D eigenvalue weighted by Gasteiger charge is 2.30. The van der Waals surface area contributed by atoms with Gasteiger partial charge in [0.2, 0.25) is 5.82 Å². The number of nitriles is 1. The molecule has 1 N–H and O–H groups in total. The minimum atomic E-state index is -4.47. The zero-order valence-electron chi connectivity index (χ0n) is 14.3. The van der Waals surface area contributed by atoms with E-state index in [4.69, 9.17) is 10.00 Å². The van der Waals surface area contributed by atoms with Crippen molar-refractivity contribution in [3.8, 4) is 23.2 Å². The number of aliphatic hydroxyl groups is 1. The maximum atomic E-state index is 12.8. The minimum absolute atomic E-state index is 0.0197. The summed E-state index contributed by atoms with van der Waals surface area (Å²) < 4.78 is 43.8. The lowest BCUT2D eigenvalue weighted by atomic mass is 10.1. The summed E-state index contributed by atoms with van der Waals surface area (Å²) in [6, 6.07) is 13.0. The maximum absolute atomic E-state index is 12.8. The number of halogens is 3. The first-order valence-electron chi connectivity index (χ1n) is 8.11. The lowest BCUT2D eigenvalue weighted by Gasteiger charge is -2.11. The fourth-order valence-electron chi connectivity index (χ4n) is 2.33. The van der Waals surface area contributed by atoms with E-state index in [-0.39, 0.29) is 24.5 Å². The quantitative estimate of drug-likeness (QED) is 0.696. The molecule has 0 saturated carbocycles. The Kier molecular flexibility index (Phi) is 5.56. The third-order valence-electron chi connectivity index (χ3n) is 3.70. The number of nitrogens with zero attached hydrogens (tertiary/aromatic N) is 5. The molecule has 1 aromatic heterocycles. The lowest BCUT2D eigenvalue weighted by Crippen LogP contribution is -2.25. The van der Waals surface area contributed by atoms with Crippen LogP contribution < -0.4 is 4.74 Å². The Morgan fingerprint density at radius 2 is 1.93 bits per heavy atom. The van der Waals surface area contributed by atoms with Crippen LogP contribution in [0.25, 0.3) is 11.4 Å². The molecule has 0 bridgehead atoms. The second kappa shape index (κ2) is 8.06. The fourth-order valence-corrected chi connectivity index (χ4v) is 2.33. The highest BCUT2D eigenvalue weighted by Crippen LogP contribution is 2.31. The highest BCUT2D eigenvalue weighted by atomic mass is 19.4. The van der Waals surface area contributed by atoms with E-state index in [1.54, 1.807) is 24.3 Å². The van der Waals surface area contributed by atoms with E-state index in [0.29, 0.717) is 11.3 Å². The molecule has 0 aliphatic heterocycles. The molecule has 0 amide bonds. The average molecular weight is 389 g/mol. The minimum Gasteiger partial charge on any atom is -0.491 e. The summed E-state index contributed by atoms with van der Waals surface area (Å²) in [7, 11) is 0. The van der Waals surface area contributed by atoms with Crippen molar-refractivity contribution >= 4 is 0 Å². The zero-order valence-corrected chi connectivity index (χ0v) is 14.3. The molecule has 0 saturated heterocycles. The number of hydrogen-bond acceptors (Lipinski definition) is 6. The third-order valence-corrected chi connectivity index (χ3v) is 3.70. The average Bonchev–Trinajstić information content (AvgIpc) is 3.14. The molecule has 1 heterocycles. The second-order valence-electron chi connectivity index (χ2n) is 5.85. The Labute approximate surface area is 157 Å². The van der Waals surface area contributed by atoms with E-state index < -0.39 is 17.8 Å². The molecular weight excluding hydrogens is 375 g/mol. The molecule has 0 fully saturated rings. The SMILES string of the molecule is N#Cc1ccc(OC[C@@H](O)Cn2nnc(-c3cccc(C(F)(F)F)c3)n2)cc1. The van der Waals surface area contributed by atoms with Crippen molar-refractivity contribution in [2.45, 2.75) is 18.8 Å². The molecule has 0 unspecified atom stereocenters. The summed E-state index contributed by atoms with van der Waals surface area (Å²) in [4.78, 5) is 1.09. The van der Waals surface area contributed by atoms with Gasteiger partial charge in [-0.1, -0.05) is 12.1 Å². The first-order chi connectivity index (χ1) is 13.3. The van der Waals surface area contributed by atoms with Crippen LogP contribution in [0, 0.1) is 11.3 Å². The Morgan fingerprint density at radius 1 is 1.18 bits per heavy atom. The van der Waals surface area contributed by atoms with Crippen LogP contribution in [-0.4, -0.2) is 38.0 Å². The summed E-state index contributed by atoms with van der Waals surface area (Å²) >= 11 is 0. The van der Waals surface area contributed by atoms with E-state index in [2.05, 4.69) is 15.4 Å². The van der Waals surface area contributed by atoms with Gasteiger partial charge < -0.3 is 9.84 Å². The first-order valence-corrected chi connectivity index (χ1v) is 8.11. The van der Waals surface area contributed by atoms with Gasteiger partial charge in [0.25, 0.3) is 0 Å². The molecule has 0 radical (unpaired) electrons. The maximum Gasteiger partial charge on any atom is 0.416 e. The van der Waals surface area contributed by atoms with Gasteiger partial charge in [-0.25, -0.2) is 0 Å². The Balaban J connectivity index is 1.60. The number of aliphatic hydroxyl groups excluding tert-OH is 1. The van der Waals surface area contributed by atoms with Crippen molar-refractivity contribution in [1.29, 1.82) is 5.26 Å². The van der Waals surface area contributed by atoms with Gasteiger partial charge in [-0.05, 0) is 41.6 Å². The van der Waals surface area contributed by atoms with Crippen molar-refractivity contribution in [1.82, 2.24) is 20.2 Å². The number of rotatable bonds is 6. The van der Waals surface area contributed by atoms with Crippen molar-refractivity contribution in [3.63, 3.8) is 0 Å². The number of tetrazole rings is 1. The molecule has 0 aliphatic carbocycles. The van der Waals surface area contributed by atoms with Crippen LogP contribution in [0.5, 0.6) is 5.75 Å². The number of benzene rings is 2. The molecule has 10 heteroatoms. The molecule has 1 atom stereocenters. The molecule has 0 aliphatic rings.